The van der Waals surface area contributed by atoms with Gasteiger partial charge >= 0.3 is 5.97 Å². The zero-order chi connectivity index (χ0) is 20.0. The van der Waals surface area contributed by atoms with Crippen LogP contribution in [0.2, 0.25) is 5.02 Å². The monoisotopic (exact) mass is 427 g/mol. The molecule has 10 heteroatoms. The third kappa shape index (κ3) is 2.83. The van der Waals surface area contributed by atoms with Gasteiger partial charge in [0.25, 0.3) is 0 Å². The highest BCUT2D eigenvalue weighted by Crippen LogP contribution is 2.54. The van der Waals surface area contributed by atoms with Crippen molar-refractivity contribution in [3.63, 3.8) is 0 Å². The Morgan fingerprint density at radius 1 is 1.34 bits per heavy atom. The largest absolute Gasteiger partial charge is 0.477 e. The van der Waals surface area contributed by atoms with Gasteiger partial charge in [-0.1, -0.05) is 11.6 Å². The Balaban J connectivity index is 0.00000205. The minimum absolute atomic E-state index is 0. The van der Waals surface area contributed by atoms with Gasteiger partial charge in [0, 0.05) is 31.0 Å². The molecule has 2 saturated carbocycles. The number of carboxylic acid groups (broad SMARTS) is 1. The Morgan fingerprint density at radius 2 is 2.00 bits per heavy atom. The first-order valence-corrected chi connectivity index (χ1v) is 9.56. The number of carbonyl (C=O) groups is 1. The van der Waals surface area contributed by atoms with Gasteiger partial charge in [-0.05, 0) is 25.0 Å². The summed E-state index contributed by atoms with van der Waals surface area (Å²) in [6, 6.07) is 1.21. The molecule has 1 aromatic carbocycles. The molecule has 7 nitrogen and oxygen atoms in total. The molecule has 1 saturated heterocycles. The number of hydrogen-bond donors (Lipinski definition) is 2. The lowest BCUT2D eigenvalue weighted by atomic mass is 10.0. The predicted octanol–water partition coefficient (Wildman–Crippen LogP) is 1.88. The molecule has 2 heterocycles. The number of anilines is 1. The van der Waals surface area contributed by atoms with Crippen molar-refractivity contribution >= 4 is 34.3 Å². The summed E-state index contributed by atoms with van der Waals surface area (Å²) >= 11 is 6.25. The summed E-state index contributed by atoms with van der Waals surface area (Å²) in [4.78, 5) is 26.8. The van der Waals surface area contributed by atoms with Crippen LogP contribution in [0.25, 0.3) is 10.9 Å². The second-order valence-electron chi connectivity index (χ2n) is 8.16. The fraction of sp³-hybridized carbons (Fsp3) is 0.474. The van der Waals surface area contributed by atoms with Gasteiger partial charge < -0.3 is 25.8 Å². The Hall–Kier alpha value is -2.23. The number of aromatic nitrogens is 1. The van der Waals surface area contributed by atoms with E-state index in [-0.39, 0.29) is 45.1 Å². The van der Waals surface area contributed by atoms with Crippen molar-refractivity contribution in [2.45, 2.75) is 37.5 Å². The highest BCUT2D eigenvalue weighted by Gasteiger charge is 2.55. The zero-order valence-corrected chi connectivity index (χ0v) is 16.0. The van der Waals surface area contributed by atoms with Crippen LogP contribution in [0.5, 0.6) is 0 Å². The molecule has 3 aliphatic rings. The molecule has 1 aromatic heterocycles. The minimum atomic E-state index is -1.43. The van der Waals surface area contributed by atoms with Crippen molar-refractivity contribution in [2.75, 3.05) is 18.0 Å². The van der Waals surface area contributed by atoms with Crippen LogP contribution in [-0.4, -0.2) is 46.4 Å². The van der Waals surface area contributed by atoms with E-state index in [2.05, 4.69) is 0 Å². The van der Waals surface area contributed by atoms with Crippen LogP contribution in [0.15, 0.2) is 16.9 Å². The molecule has 3 fully saturated rings. The summed E-state index contributed by atoms with van der Waals surface area (Å²) < 4.78 is 29.5. The van der Waals surface area contributed by atoms with Crippen LogP contribution < -0.4 is 16.1 Å². The number of carboxylic acids is 1. The molecule has 0 bridgehead atoms. The summed E-state index contributed by atoms with van der Waals surface area (Å²) in [5.74, 6) is -2.06. The number of halogens is 3. The molecule has 0 radical (unpaired) electrons. The van der Waals surface area contributed by atoms with Crippen molar-refractivity contribution < 1.29 is 24.2 Å². The Morgan fingerprint density at radius 3 is 2.52 bits per heavy atom. The predicted molar refractivity (Wildman–Crippen MR) is 104 cm³/mol. The fourth-order valence-electron chi connectivity index (χ4n) is 4.54. The highest BCUT2D eigenvalue weighted by molar-refractivity contribution is 6.35. The highest BCUT2D eigenvalue weighted by atomic mass is 35.5. The van der Waals surface area contributed by atoms with Crippen LogP contribution in [0.3, 0.4) is 0 Å². The first-order chi connectivity index (χ1) is 13.2. The molecule has 3 atom stereocenters. The van der Waals surface area contributed by atoms with E-state index in [1.54, 1.807) is 4.90 Å². The Kier molecular flexibility index (Phi) is 4.42. The van der Waals surface area contributed by atoms with E-state index < -0.39 is 35.0 Å². The van der Waals surface area contributed by atoms with Crippen molar-refractivity contribution in [1.82, 2.24) is 4.57 Å². The second kappa shape index (κ2) is 6.38. The summed E-state index contributed by atoms with van der Waals surface area (Å²) in [7, 11) is 0. The van der Waals surface area contributed by atoms with Gasteiger partial charge in [-0.2, -0.15) is 0 Å². The molecular weight excluding hydrogens is 408 g/mol. The molecule has 5 N–H and O–H groups in total. The van der Waals surface area contributed by atoms with Gasteiger partial charge in [0.1, 0.15) is 23.4 Å². The molecule has 1 spiro atoms. The third-order valence-electron chi connectivity index (χ3n) is 6.32. The van der Waals surface area contributed by atoms with Crippen molar-refractivity contribution in [2.24, 2.45) is 11.1 Å². The number of nitrogens with two attached hydrogens (primary N) is 1. The van der Waals surface area contributed by atoms with Crippen LogP contribution >= 0.6 is 11.6 Å². The number of hydrogen-bond acceptors (Lipinski definition) is 4. The SMILES string of the molecule is N[C@@H]1CN(c2c(C(=O)O)c(=O)c3cc(F)cc(Cl)c3n2[C@@H]2C[C@@H]2F)CC12CC2.O. The summed E-state index contributed by atoms with van der Waals surface area (Å²) in [5, 5.41) is 9.61. The summed E-state index contributed by atoms with van der Waals surface area (Å²) in [6.45, 7) is 0.871. The van der Waals surface area contributed by atoms with Gasteiger partial charge in [0.15, 0.2) is 0 Å². The van der Waals surface area contributed by atoms with Gasteiger partial charge in [0.05, 0.1) is 22.0 Å². The molecule has 5 rings (SSSR count). The number of fused-ring (bicyclic) bond motifs is 1. The van der Waals surface area contributed by atoms with Crippen LogP contribution in [0.1, 0.15) is 35.7 Å². The van der Waals surface area contributed by atoms with Crippen molar-refractivity contribution in [1.29, 1.82) is 0 Å². The normalized spacial score (nSPS) is 26.6. The lowest BCUT2D eigenvalue weighted by molar-refractivity contribution is 0.0695. The Labute approximate surface area is 169 Å². The van der Waals surface area contributed by atoms with Gasteiger partial charge in [-0.25, -0.2) is 13.6 Å². The Bertz CT molecular complexity index is 1100. The maximum atomic E-state index is 14.1. The lowest BCUT2D eigenvalue weighted by Crippen LogP contribution is -2.33. The third-order valence-corrected chi connectivity index (χ3v) is 6.61. The summed E-state index contributed by atoms with van der Waals surface area (Å²) in [5.41, 5.74) is 5.05. The topological polar surface area (TPSA) is 120 Å². The molecule has 29 heavy (non-hydrogen) atoms. The smallest absolute Gasteiger partial charge is 0.343 e. The van der Waals surface area contributed by atoms with E-state index in [0.717, 1.165) is 25.0 Å². The molecule has 156 valence electrons. The van der Waals surface area contributed by atoms with Gasteiger partial charge in [-0.3, -0.25) is 4.79 Å². The van der Waals surface area contributed by atoms with Gasteiger partial charge in [-0.15, -0.1) is 0 Å². The number of rotatable bonds is 3. The molecule has 2 aliphatic carbocycles. The molecular formula is C19H20ClF2N3O4. The number of alkyl halides is 1. The second-order valence-corrected chi connectivity index (χ2v) is 8.56. The first-order valence-electron chi connectivity index (χ1n) is 9.18. The van der Waals surface area contributed by atoms with E-state index in [1.165, 1.54) is 4.57 Å². The molecule has 0 unspecified atom stereocenters. The van der Waals surface area contributed by atoms with E-state index in [1.807, 2.05) is 0 Å². The van der Waals surface area contributed by atoms with E-state index in [0.29, 0.717) is 13.1 Å². The average molecular weight is 428 g/mol. The van der Waals surface area contributed by atoms with Crippen LogP contribution in [0.4, 0.5) is 14.6 Å². The molecule has 2 aromatic rings. The van der Waals surface area contributed by atoms with E-state index in [4.69, 9.17) is 17.3 Å². The van der Waals surface area contributed by atoms with Crippen LogP contribution in [0, 0.1) is 11.2 Å². The maximum absolute atomic E-state index is 14.1. The van der Waals surface area contributed by atoms with Crippen molar-refractivity contribution in [3.05, 3.63) is 38.8 Å². The fourth-order valence-corrected chi connectivity index (χ4v) is 4.83. The molecule has 0 amide bonds. The standard InChI is InChI=1S/C19H18ClF2N3O3.H2O/c20-10-4-8(21)3-9-15(10)25(12-5-11(12)22)17(14(16(9)26)18(27)28)24-6-13(23)19(7-24)1-2-19;/h3-4,11-13H,1-2,5-7,23H2,(H,27,28);1H2/t11-,12+,13+;/m0./s1. The maximum Gasteiger partial charge on any atom is 0.343 e. The number of nitrogens with zero attached hydrogens (tertiary/aromatic N) is 2. The first kappa shape index (κ1) is 20.1. The lowest BCUT2D eigenvalue weighted by Gasteiger charge is -2.27. The van der Waals surface area contributed by atoms with Gasteiger partial charge in [0.2, 0.25) is 5.43 Å². The zero-order valence-electron chi connectivity index (χ0n) is 15.3. The van der Waals surface area contributed by atoms with E-state index in [9.17, 15) is 23.5 Å². The number of pyridine rings is 1. The quantitative estimate of drug-likeness (QED) is 0.774. The summed E-state index contributed by atoms with van der Waals surface area (Å²) in [6.07, 6.45) is 0.874. The average Bonchev–Trinajstić information content (AvgIpc) is 3.50. The molecule has 1 aliphatic heterocycles. The van der Waals surface area contributed by atoms with Crippen LogP contribution in [-0.2, 0) is 0 Å². The van der Waals surface area contributed by atoms with Crippen molar-refractivity contribution in [3.8, 4) is 0 Å². The van der Waals surface area contributed by atoms with E-state index >= 15 is 0 Å². The number of aromatic carboxylic acids is 1. The minimum Gasteiger partial charge on any atom is -0.477 e. The number of benzene rings is 1.